The largest absolute Gasteiger partial charge is 0.331 e. The minimum Gasteiger partial charge on any atom is -0.331 e. The van der Waals surface area contributed by atoms with Crippen LogP contribution in [0, 0.1) is 6.92 Å². The van der Waals surface area contributed by atoms with Crippen LogP contribution in [0.15, 0.2) is 35.1 Å². The first kappa shape index (κ1) is 9.27. The number of aromatic nitrogens is 2. The van der Waals surface area contributed by atoms with E-state index in [0.29, 0.717) is 0 Å². The monoisotopic (exact) mass is 251 g/mol. The summed E-state index contributed by atoms with van der Waals surface area (Å²) in [6.07, 6.45) is 3.51. The van der Waals surface area contributed by atoms with Gasteiger partial charge in [-0.25, -0.2) is 4.98 Å². The molecule has 0 aliphatic carbocycles. The fourth-order valence-electron chi connectivity index (χ4n) is 1.20. The van der Waals surface area contributed by atoms with E-state index in [0.717, 1.165) is 16.1 Å². The van der Waals surface area contributed by atoms with E-state index in [9.17, 15) is 0 Å². The molecule has 3 nitrogen and oxygen atoms in total. The van der Waals surface area contributed by atoms with Crippen LogP contribution in [0.1, 0.15) is 5.56 Å². The molecule has 1 heterocycles. The molecular weight excluding hydrogens is 242 g/mol. The SMILES string of the molecule is Cc1c(Br)cccc1Nc1ncc[nH]1. The number of anilines is 2. The fourth-order valence-corrected chi connectivity index (χ4v) is 1.57. The molecule has 0 fully saturated rings. The zero-order valence-electron chi connectivity index (χ0n) is 7.71. The van der Waals surface area contributed by atoms with Gasteiger partial charge in [0.25, 0.3) is 0 Å². The molecule has 0 aliphatic rings. The van der Waals surface area contributed by atoms with Gasteiger partial charge in [-0.3, -0.25) is 0 Å². The lowest BCUT2D eigenvalue weighted by Gasteiger charge is -2.07. The van der Waals surface area contributed by atoms with Crippen LogP contribution in [-0.2, 0) is 0 Å². The van der Waals surface area contributed by atoms with Crippen molar-refractivity contribution >= 4 is 27.6 Å². The summed E-state index contributed by atoms with van der Waals surface area (Å²) in [7, 11) is 0. The number of rotatable bonds is 2. The molecule has 0 atom stereocenters. The second-order valence-corrected chi connectivity index (χ2v) is 3.83. The van der Waals surface area contributed by atoms with E-state index in [4.69, 9.17) is 0 Å². The van der Waals surface area contributed by atoms with Crippen molar-refractivity contribution in [2.75, 3.05) is 5.32 Å². The maximum atomic E-state index is 4.10. The molecule has 0 unspecified atom stereocenters. The summed E-state index contributed by atoms with van der Waals surface area (Å²) in [5.41, 5.74) is 2.22. The van der Waals surface area contributed by atoms with Crippen molar-refractivity contribution in [1.29, 1.82) is 0 Å². The summed E-state index contributed by atoms with van der Waals surface area (Å²) in [6, 6.07) is 6.02. The first-order valence-corrected chi connectivity index (χ1v) is 5.08. The quantitative estimate of drug-likeness (QED) is 0.861. The Labute approximate surface area is 90.7 Å². The van der Waals surface area contributed by atoms with E-state index in [1.807, 2.05) is 18.2 Å². The van der Waals surface area contributed by atoms with Gasteiger partial charge in [-0.15, -0.1) is 0 Å². The normalized spacial score (nSPS) is 10.1. The van der Waals surface area contributed by atoms with Gasteiger partial charge in [0.1, 0.15) is 0 Å². The molecule has 1 aromatic carbocycles. The van der Waals surface area contributed by atoms with Gasteiger partial charge in [-0.05, 0) is 24.6 Å². The van der Waals surface area contributed by atoms with Crippen molar-refractivity contribution in [2.45, 2.75) is 6.92 Å². The van der Waals surface area contributed by atoms with Crippen molar-refractivity contribution in [3.8, 4) is 0 Å². The third-order valence-corrected chi connectivity index (χ3v) is 2.88. The first-order valence-electron chi connectivity index (χ1n) is 4.29. The number of imidazole rings is 1. The second kappa shape index (κ2) is 3.84. The predicted octanol–water partition coefficient (Wildman–Crippen LogP) is 3.22. The number of benzene rings is 1. The van der Waals surface area contributed by atoms with Gasteiger partial charge in [-0.1, -0.05) is 22.0 Å². The van der Waals surface area contributed by atoms with E-state index in [1.165, 1.54) is 5.56 Å². The lowest BCUT2D eigenvalue weighted by molar-refractivity contribution is 1.27. The second-order valence-electron chi connectivity index (χ2n) is 2.98. The molecule has 2 N–H and O–H groups in total. The van der Waals surface area contributed by atoms with Crippen molar-refractivity contribution in [3.63, 3.8) is 0 Å². The molecule has 0 aliphatic heterocycles. The van der Waals surface area contributed by atoms with Gasteiger partial charge in [0, 0.05) is 22.6 Å². The number of aromatic amines is 1. The highest BCUT2D eigenvalue weighted by Gasteiger charge is 2.02. The average Bonchev–Trinajstić information content (AvgIpc) is 2.66. The van der Waals surface area contributed by atoms with Gasteiger partial charge in [-0.2, -0.15) is 0 Å². The molecule has 4 heteroatoms. The highest BCUT2D eigenvalue weighted by Crippen LogP contribution is 2.24. The summed E-state index contributed by atoms with van der Waals surface area (Å²) in [6.45, 7) is 2.05. The molecule has 2 rings (SSSR count). The van der Waals surface area contributed by atoms with E-state index >= 15 is 0 Å². The minimum absolute atomic E-state index is 0.756. The van der Waals surface area contributed by atoms with Crippen LogP contribution in [-0.4, -0.2) is 9.97 Å². The van der Waals surface area contributed by atoms with Crippen LogP contribution in [0.4, 0.5) is 11.6 Å². The smallest absolute Gasteiger partial charge is 0.204 e. The maximum Gasteiger partial charge on any atom is 0.204 e. The van der Waals surface area contributed by atoms with Crippen LogP contribution in [0.25, 0.3) is 0 Å². The van der Waals surface area contributed by atoms with Crippen molar-refractivity contribution in [3.05, 3.63) is 40.6 Å². The van der Waals surface area contributed by atoms with Gasteiger partial charge in [0.05, 0.1) is 0 Å². The summed E-state index contributed by atoms with van der Waals surface area (Å²) in [4.78, 5) is 7.10. The number of halogens is 1. The third kappa shape index (κ3) is 1.80. The predicted molar refractivity (Wildman–Crippen MR) is 60.7 cm³/mol. The topological polar surface area (TPSA) is 40.7 Å². The molecule has 72 valence electrons. The van der Waals surface area contributed by atoms with Crippen molar-refractivity contribution in [2.24, 2.45) is 0 Å². The number of H-pyrrole nitrogens is 1. The van der Waals surface area contributed by atoms with Crippen LogP contribution < -0.4 is 5.32 Å². The summed E-state index contributed by atoms with van der Waals surface area (Å²) >= 11 is 3.48. The standard InChI is InChI=1S/C10H10BrN3/c1-7-8(11)3-2-4-9(7)14-10-12-5-6-13-10/h2-6H,1H3,(H2,12,13,14). The van der Waals surface area contributed by atoms with E-state index in [-0.39, 0.29) is 0 Å². The van der Waals surface area contributed by atoms with E-state index in [1.54, 1.807) is 12.4 Å². The van der Waals surface area contributed by atoms with Gasteiger partial charge in [0.15, 0.2) is 0 Å². The van der Waals surface area contributed by atoms with Gasteiger partial charge >= 0.3 is 0 Å². The van der Waals surface area contributed by atoms with E-state index in [2.05, 4.69) is 38.1 Å². The minimum atomic E-state index is 0.756. The molecule has 2 aromatic rings. The summed E-state index contributed by atoms with van der Waals surface area (Å²) in [5.74, 6) is 0.756. The van der Waals surface area contributed by atoms with Crippen LogP contribution in [0.3, 0.4) is 0 Å². The molecule has 0 spiro atoms. The van der Waals surface area contributed by atoms with Crippen molar-refractivity contribution < 1.29 is 0 Å². The third-order valence-electron chi connectivity index (χ3n) is 2.02. The molecule has 1 aromatic heterocycles. The number of nitrogens with one attached hydrogen (secondary N) is 2. The van der Waals surface area contributed by atoms with E-state index < -0.39 is 0 Å². The number of nitrogens with zero attached hydrogens (tertiary/aromatic N) is 1. The Morgan fingerprint density at radius 3 is 3.00 bits per heavy atom. The van der Waals surface area contributed by atoms with Gasteiger partial charge in [0.2, 0.25) is 5.95 Å². The molecule has 0 saturated heterocycles. The average molecular weight is 252 g/mol. The Morgan fingerprint density at radius 1 is 1.43 bits per heavy atom. The fraction of sp³-hybridized carbons (Fsp3) is 0.100. The molecule has 0 radical (unpaired) electrons. The Kier molecular flexibility index (Phi) is 2.54. The molecule has 14 heavy (non-hydrogen) atoms. The molecule has 0 bridgehead atoms. The number of hydrogen-bond acceptors (Lipinski definition) is 2. The first-order chi connectivity index (χ1) is 6.77. The summed E-state index contributed by atoms with van der Waals surface area (Å²) in [5, 5.41) is 3.20. The highest BCUT2D eigenvalue weighted by molar-refractivity contribution is 9.10. The Hall–Kier alpha value is -1.29. The lowest BCUT2D eigenvalue weighted by atomic mass is 10.2. The van der Waals surface area contributed by atoms with Crippen molar-refractivity contribution in [1.82, 2.24) is 9.97 Å². The zero-order valence-corrected chi connectivity index (χ0v) is 9.30. The molecule has 0 amide bonds. The Bertz CT molecular complexity index is 423. The molecule has 0 saturated carbocycles. The van der Waals surface area contributed by atoms with Crippen LogP contribution in [0.5, 0.6) is 0 Å². The number of hydrogen-bond donors (Lipinski definition) is 2. The molecular formula is C10H10BrN3. The van der Waals surface area contributed by atoms with Crippen LogP contribution in [0.2, 0.25) is 0 Å². The van der Waals surface area contributed by atoms with Gasteiger partial charge < -0.3 is 10.3 Å². The zero-order chi connectivity index (χ0) is 9.97. The Morgan fingerprint density at radius 2 is 2.29 bits per heavy atom. The highest BCUT2D eigenvalue weighted by atomic mass is 79.9. The lowest BCUT2D eigenvalue weighted by Crippen LogP contribution is -1.94. The van der Waals surface area contributed by atoms with Crippen LogP contribution >= 0.6 is 15.9 Å². The maximum absolute atomic E-state index is 4.10. The summed E-state index contributed by atoms with van der Waals surface area (Å²) < 4.78 is 1.09. The Balaban J connectivity index is 2.29.